The van der Waals surface area contributed by atoms with Gasteiger partial charge in [-0.15, -0.1) is 0 Å². The summed E-state index contributed by atoms with van der Waals surface area (Å²) < 4.78 is 0. The number of primary amides is 1. The number of hydrogen-bond donors (Lipinski definition) is 3. The molecule has 0 radical (unpaired) electrons. The first-order chi connectivity index (χ1) is 10.0. The molecule has 1 atom stereocenters. The largest absolute Gasteiger partial charge is 0.366 e. The van der Waals surface area contributed by atoms with Gasteiger partial charge in [0.2, 0.25) is 5.91 Å². The first kappa shape index (κ1) is 17.1. The van der Waals surface area contributed by atoms with Crippen LogP contribution in [0.2, 0.25) is 0 Å². The number of hydroxylamine groups is 1. The van der Waals surface area contributed by atoms with Gasteiger partial charge in [0.1, 0.15) is 0 Å². The van der Waals surface area contributed by atoms with Crippen LogP contribution in [0.3, 0.4) is 0 Å². The van der Waals surface area contributed by atoms with E-state index in [1.165, 1.54) is 0 Å². The number of carbonyl (C=O) groups is 2. The maximum Gasteiger partial charge on any atom is 0.261 e. The van der Waals surface area contributed by atoms with Gasteiger partial charge < -0.3 is 5.73 Å². The highest BCUT2D eigenvalue weighted by atomic mass is 16.5. The maximum atomic E-state index is 12.0. The predicted molar refractivity (Wildman–Crippen MR) is 79.9 cm³/mol. The molecule has 0 heterocycles. The lowest BCUT2D eigenvalue weighted by atomic mass is 9.98. The molecule has 2 amide bonds. The topological polar surface area (TPSA) is 95.7 Å². The van der Waals surface area contributed by atoms with Gasteiger partial charge in [-0.1, -0.05) is 32.0 Å². The number of likely N-dealkylation sites (N-methyl/N-ethyl adjacent to an activating group) is 1. The molecule has 0 aromatic heterocycles. The minimum absolute atomic E-state index is 0.319. The van der Waals surface area contributed by atoms with Crippen molar-refractivity contribution in [2.75, 3.05) is 13.1 Å². The first-order valence-electron chi connectivity index (χ1n) is 7.10. The van der Waals surface area contributed by atoms with E-state index in [1.54, 1.807) is 29.7 Å². The van der Waals surface area contributed by atoms with Crippen LogP contribution < -0.4 is 11.2 Å². The summed E-state index contributed by atoms with van der Waals surface area (Å²) in [5.41, 5.74) is 8.18. The van der Waals surface area contributed by atoms with E-state index in [0.717, 1.165) is 13.0 Å². The van der Waals surface area contributed by atoms with E-state index >= 15 is 0 Å². The fraction of sp³-hybridized carbons (Fsp3) is 0.467. The molecule has 6 nitrogen and oxygen atoms in total. The SMILES string of the molecule is CCCN(CC)[C@@H](Cc1ccccc1C(N)=O)C(=O)NO. The van der Waals surface area contributed by atoms with Gasteiger partial charge in [0, 0.05) is 5.56 Å². The van der Waals surface area contributed by atoms with Crippen molar-refractivity contribution in [2.45, 2.75) is 32.7 Å². The standard InChI is InChI=1S/C15H23N3O3/c1-3-9-18(4-2)13(15(20)17-21)10-11-7-5-6-8-12(11)14(16)19/h5-8,13,21H,3-4,9-10H2,1-2H3,(H2,16,19)(H,17,20)/t13-/m0/s1. The Bertz CT molecular complexity index is 491. The number of rotatable bonds is 8. The molecule has 0 saturated carbocycles. The number of benzene rings is 1. The fourth-order valence-electron chi connectivity index (χ4n) is 2.43. The van der Waals surface area contributed by atoms with Crippen LogP contribution in [-0.2, 0) is 11.2 Å². The van der Waals surface area contributed by atoms with Crippen molar-refractivity contribution in [3.63, 3.8) is 0 Å². The number of amides is 2. The van der Waals surface area contributed by atoms with Crippen molar-refractivity contribution < 1.29 is 14.8 Å². The van der Waals surface area contributed by atoms with Crippen molar-refractivity contribution in [3.05, 3.63) is 35.4 Å². The van der Waals surface area contributed by atoms with Crippen LogP contribution in [0.1, 0.15) is 36.2 Å². The second-order valence-corrected chi connectivity index (χ2v) is 4.85. The second kappa shape index (κ2) is 8.39. The molecule has 0 spiro atoms. The summed E-state index contributed by atoms with van der Waals surface area (Å²) in [6.45, 7) is 5.37. The molecule has 1 rings (SSSR count). The minimum atomic E-state index is -0.541. The van der Waals surface area contributed by atoms with E-state index < -0.39 is 17.9 Å². The highest BCUT2D eigenvalue weighted by molar-refractivity contribution is 5.94. The Kier molecular flexibility index (Phi) is 6.84. The third kappa shape index (κ3) is 4.54. The van der Waals surface area contributed by atoms with Crippen LogP contribution in [-0.4, -0.2) is 41.1 Å². The summed E-state index contributed by atoms with van der Waals surface area (Å²) in [6, 6.07) is 6.40. The molecule has 0 unspecified atom stereocenters. The Morgan fingerprint density at radius 3 is 2.52 bits per heavy atom. The normalized spacial score (nSPS) is 12.2. The fourth-order valence-corrected chi connectivity index (χ4v) is 2.43. The summed E-state index contributed by atoms with van der Waals surface area (Å²) in [6.07, 6.45) is 1.21. The Labute approximate surface area is 124 Å². The Hall–Kier alpha value is -1.92. The summed E-state index contributed by atoms with van der Waals surface area (Å²) >= 11 is 0. The Morgan fingerprint density at radius 2 is 2.00 bits per heavy atom. The van der Waals surface area contributed by atoms with E-state index in [9.17, 15) is 9.59 Å². The molecule has 1 aromatic carbocycles. The molecular weight excluding hydrogens is 270 g/mol. The molecule has 0 fully saturated rings. The highest BCUT2D eigenvalue weighted by Gasteiger charge is 2.25. The second-order valence-electron chi connectivity index (χ2n) is 4.85. The van der Waals surface area contributed by atoms with Crippen LogP contribution in [0.25, 0.3) is 0 Å². The summed E-state index contributed by atoms with van der Waals surface area (Å²) in [5.74, 6) is -1.00. The lowest BCUT2D eigenvalue weighted by molar-refractivity contribution is -0.134. The molecule has 21 heavy (non-hydrogen) atoms. The molecule has 4 N–H and O–H groups in total. The number of nitrogens with two attached hydrogens (primary N) is 1. The summed E-state index contributed by atoms with van der Waals surface area (Å²) in [4.78, 5) is 25.4. The van der Waals surface area contributed by atoms with Gasteiger partial charge in [-0.3, -0.25) is 19.7 Å². The lowest BCUT2D eigenvalue weighted by Crippen LogP contribution is -2.48. The van der Waals surface area contributed by atoms with Crippen LogP contribution in [0.15, 0.2) is 24.3 Å². The minimum Gasteiger partial charge on any atom is -0.366 e. The number of nitrogens with one attached hydrogen (secondary N) is 1. The molecule has 0 aliphatic carbocycles. The molecule has 116 valence electrons. The van der Waals surface area contributed by atoms with Gasteiger partial charge >= 0.3 is 0 Å². The van der Waals surface area contributed by atoms with Crippen molar-refractivity contribution in [1.82, 2.24) is 10.4 Å². The lowest BCUT2D eigenvalue weighted by Gasteiger charge is -2.29. The van der Waals surface area contributed by atoms with Crippen LogP contribution in [0.5, 0.6) is 0 Å². The van der Waals surface area contributed by atoms with Gasteiger partial charge in [-0.05, 0) is 37.6 Å². The van der Waals surface area contributed by atoms with Gasteiger partial charge in [0.15, 0.2) is 0 Å². The van der Waals surface area contributed by atoms with Crippen LogP contribution in [0, 0.1) is 0 Å². The van der Waals surface area contributed by atoms with E-state index in [4.69, 9.17) is 10.9 Å². The molecule has 6 heteroatoms. The number of nitrogens with zero attached hydrogens (tertiary/aromatic N) is 1. The molecule has 0 saturated heterocycles. The van der Waals surface area contributed by atoms with Crippen molar-refractivity contribution >= 4 is 11.8 Å². The van der Waals surface area contributed by atoms with Gasteiger partial charge in [0.25, 0.3) is 5.91 Å². The van der Waals surface area contributed by atoms with Crippen molar-refractivity contribution in [3.8, 4) is 0 Å². The summed E-state index contributed by atoms with van der Waals surface area (Å²) in [5, 5.41) is 8.96. The van der Waals surface area contributed by atoms with Crippen molar-refractivity contribution in [1.29, 1.82) is 0 Å². The smallest absolute Gasteiger partial charge is 0.261 e. The zero-order valence-corrected chi connectivity index (χ0v) is 12.5. The van der Waals surface area contributed by atoms with E-state index in [2.05, 4.69) is 0 Å². The number of hydrogen-bond acceptors (Lipinski definition) is 4. The average molecular weight is 293 g/mol. The molecule has 0 aliphatic rings. The molecule has 0 bridgehead atoms. The quantitative estimate of drug-likeness (QED) is 0.491. The monoisotopic (exact) mass is 293 g/mol. The van der Waals surface area contributed by atoms with Crippen molar-refractivity contribution in [2.24, 2.45) is 5.73 Å². The Morgan fingerprint density at radius 1 is 1.33 bits per heavy atom. The Balaban J connectivity index is 3.06. The molecule has 1 aromatic rings. The maximum absolute atomic E-state index is 12.0. The van der Waals surface area contributed by atoms with Crippen LogP contribution >= 0.6 is 0 Å². The summed E-state index contributed by atoms with van der Waals surface area (Å²) in [7, 11) is 0. The number of carbonyl (C=O) groups excluding carboxylic acids is 2. The predicted octanol–water partition coefficient (Wildman–Crippen LogP) is 0.934. The van der Waals surface area contributed by atoms with E-state index in [1.807, 2.05) is 18.7 Å². The third-order valence-electron chi connectivity index (χ3n) is 3.47. The molecular formula is C15H23N3O3. The molecule has 0 aliphatic heterocycles. The van der Waals surface area contributed by atoms with Gasteiger partial charge in [-0.2, -0.15) is 0 Å². The van der Waals surface area contributed by atoms with E-state index in [-0.39, 0.29) is 0 Å². The highest BCUT2D eigenvalue weighted by Crippen LogP contribution is 2.14. The zero-order chi connectivity index (χ0) is 15.8. The van der Waals surface area contributed by atoms with Crippen LogP contribution in [0.4, 0.5) is 0 Å². The van der Waals surface area contributed by atoms with Gasteiger partial charge in [-0.25, -0.2) is 5.48 Å². The average Bonchev–Trinajstić information content (AvgIpc) is 2.50. The first-order valence-corrected chi connectivity index (χ1v) is 7.10. The van der Waals surface area contributed by atoms with Gasteiger partial charge in [0.05, 0.1) is 6.04 Å². The van der Waals surface area contributed by atoms with E-state index in [0.29, 0.717) is 24.1 Å². The zero-order valence-electron chi connectivity index (χ0n) is 12.5. The third-order valence-corrected chi connectivity index (χ3v) is 3.47.